The van der Waals surface area contributed by atoms with Crippen LogP contribution in [-0.2, 0) is 16.4 Å². The van der Waals surface area contributed by atoms with Gasteiger partial charge in [0.15, 0.2) is 0 Å². The van der Waals surface area contributed by atoms with Gasteiger partial charge < -0.3 is 9.90 Å². The first kappa shape index (κ1) is 16.0. The van der Waals surface area contributed by atoms with Crippen molar-refractivity contribution in [2.24, 2.45) is 0 Å². The minimum absolute atomic E-state index is 0.0744. The Morgan fingerprint density at radius 3 is 2.65 bits per heavy atom. The van der Waals surface area contributed by atoms with Gasteiger partial charge in [-0.15, -0.1) is 0 Å². The first-order valence-electron chi connectivity index (χ1n) is 6.95. The SMILES string of the molecule is C[C@@H]1Cc2ccccc2N1S(=O)(=O)c1cc(Br)cc(C(=O)[O-])c1. The Morgan fingerprint density at radius 1 is 1.26 bits per heavy atom. The number of anilines is 1. The summed E-state index contributed by atoms with van der Waals surface area (Å²) in [7, 11) is -3.87. The van der Waals surface area contributed by atoms with Gasteiger partial charge in [-0.1, -0.05) is 34.1 Å². The maximum absolute atomic E-state index is 13.0. The summed E-state index contributed by atoms with van der Waals surface area (Å²) in [6.07, 6.45) is 0.622. The Kier molecular flexibility index (Phi) is 3.93. The number of benzene rings is 2. The molecule has 0 saturated heterocycles. The largest absolute Gasteiger partial charge is 0.545 e. The van der Waals surface area contributed by atoms with Gasteiger partial charge in [-0.2, -0.15) is 0 Å². The summed E-state index contributed by atoms with van der Waals surface area (Å²) in [5.41, 5.74) is 1.41. The van der Waals surface area contributed by atoms with E-state index in [1.807, 2.05) is 19.1 Å². The van der Waals surface area contributed by atoms with Gasteiger partial charge in [0, 0.05) is 10.5 Å². The number of sulfonamides is 1. The summed E-state index contributed by atoms with van der Waals surface area (Å²) in [6, 6.07) is 10.9. The number of carboxylic acid groups (broad SMARTS) is 1. The number of hydrogen-bond donors (Lipinski definition) is 0. The van der Waals surface area contributed by atoms with E-state index < -0.39 is 16.0 Å². The maximum atomic E-state index is 13.0. The van der Waals surface area contributed by atoms with Gasteiger partial charge in [-0.25, -0.2) is 8.42 Å². The molecule has 0 saturated carbocycles. The smallest absolute Gasteiger partial charge is 0.264 e. The highest BCUT2D eigenvalue weighted by molar-refractivity contribution is 9.10. The molecule has 7 heteroatoms. The number of rotatable bonds is 3. The Balaban J connectivity index is 2.15. The van der Waals surface area contributed by atoms with Crippen LogP contribution < -0.4 is 9.41 Å². The van der Waals surface area contributed by atoms with Crippen LogP contribution in [0.15, 0.2) is 51.8 Å². The summed E-state index contributed by atoms with van der Waals surface area (Å²) < 4.78 is 27.8. The fourth-order valence-corrected chi connectivity index (χ4v) is 5.26. The van der Waals surface area contributed by atoms with Crippen LogP contribution in [0.1, 0.15) is 22.8 Å². The molecule has 1 atom stereocenters. The third-order valence-corrected chi connectivity index (χ3v) is 6.17. The highest BCUT2D eigenvalue weighted by Crippen LogP contribution is 2.37. The summed E-state index contributed by atoms with van der Waals surface area (Å²) in [5.74, 6) is -1.42. The second kappa shape index (κ2) is 5.65. The molecular weight excluding hydrogens is 382 g/mol. The Labute approximate surface area is 142 Å². The second-order valence-electron chi connectivity index (χ2n) is 5.45. The predicted octanol–water partition coefficient (Wildman–Crippen LogP) is 1.95. The summed E-state index contributed by atoms with van der Waals surface area (Å²) in [4.78, 5) is 11.0. The van der Waals surface area contributed by atoms with Gasteiger partial charge >= 0.3 is 0 Å². The summed E-state index contributed by atoms with van der Waals surface area (Å²) in [6.45, 7) is 1.83. The lowest BCUT2D eigenvalue weighted by Gasteiger charge is -2.25. The monoisotopic (exact) mass is 394 g/mol. The van der Waals surface area contributed by atoms with Gasteiger partial charge in [0.2, 0.25) is 0 Å². The first-order valence-corrected chi connectivity index (χ1v) is 9.18. The zero-order valence-electron chi connectivity index (χ0n) is 12.2. The van der Waals surface area contributed by atoms with Crippen LogP contribution in [0.25, 0.3) is 0 Å². The van der Waals surface area contributed by atoms with E-state index in [4.69, 9.17) is 0 Å². The number of carboxylic acids is 1. The number of halogens is 1. The molecule has 23 heavy (non-hydrogen) atoms. The zero-order valence-corrected chi connectivity index (χ0v) is 14.6. The fraction of sp³-hybridized carbons (Fsp3) is 0.188. The molecule has 0 radical (unpaired) electrons. The third kappa shape index (κ3) is 2.74. The highest BCUT2D eigenvalue weighted by atomic mass is 79.9. The van der Waals surface area contributed by atoms with E-state index in [1.54, 1.807) is 12.1 Å². The lowest BCUT2D eigenvalue weighted by molar-refractivity contribution is -0.255. The van der Waals surface area contributed by atoms with E-state index in [1.165, 1.54) is 16.4 Å². The van der Waals surface area contributed by atoms with Gasteiger partial charge in [0.05, 0.1) is 16.6 Å². The molecule has 0 unspecified atom stereocenters. The number of carbonyl (C=O) groups is 1. The number of nitrogens with zero attached hydrogens (tertiary/aromatic N) is 1. The topological polar surface area (TPSA) is 77.5 Å². The Bertz CT molecular complexity index is 895. The standard InChI is InChI=1S/C16H14BrNO4S/c1-10-6-11-4-2-3-5-15(11)18(10)23(21,22)14-8-12(16(19)20)7-13(17)9-14/h2-5,7-10H,6H2,1H3,(H,19,20)/p-1/t10-/m1/s1. The van der Waals surface area contributed by atoms with Crippen molar-refractivity contribution in [2.75, 3.05) is 4.31 Å². The fourth-order valence-electron chi connectivity index (χ4n) is 2.85. The predicted molar refractivity (Wildman–Crippen MR) is 87.7 cm³/mol. The second-order valence-corrected chi connectivity index (χ2v) is 8.18. The lowest BCUT2D eigenvalue weighted by atomic mass is 10.1. The van der Waals surface area contributed by atoms with E-state index in [0.29, 0.717) is 16.6 Å². The van der Waals surface area contributed by atoms with Gasteiger partial charge in [-0.05, 0) is 48.7 Å². The van der Waals surface area contributed by atoms with Crippen molar-refractivity contribution in [3.8, 4) is 0 Å². The lowest BCUT2D eigenvalue weighted by Crippen LogP contribution is -2.36. The van der Waals surface area contributed by atoms with Gasteiger partial charge in [0.1, 0.15) is 0 Å². The molecule has 0 aromatic heterocycles. The molecule has 120 valence electrons. The van der Waals surface area contributed by atoms with E-state index >= 15 is 0 Å². The number of aromatic carboxylic acids is 1. The van der Waals surface area contributed by atoms with Gasteiger partial charge in [0.25, 0.3) is 10.0 Å². The van der Waals surface area contributed by atoms with Crippen LogP contribution in [0.3, 0.4) is 0 Å². The van der Waals surface area contributed by atoms with Crippen LogP contribution in [0, 0.1) is 0 Å². The zero-order chi connectivity index (χ0) is 16.8. The highest BCUT2D eigenvalue weighted by Gasteiger charge is 2.36. The Morgan fingerprint density at radius 2 is 1.96 bits per heavy atom. The van der Waals surface area contributed by atoms with E-state index in [-0.39, 0.29) is 16.5 Å². The first-order chi connectivity index (χ1) is 10.8. The molecule has 1 heterocycles. The van der Waals surface area contributed by atoms with Crippen molar-refractivity contribution in [3.63, 3.8) is 0 Å². The molecule has 2 aromatic carbocycles. The van der Waals surface area contributed by atoms with Crippen LogP contribution in [0.5, 0.6) is 0 Å². The molecule has 2 aromatic rings. The normalized spacial score (nSPS) is 17.1. The van der Waals surface area contributed by atoms with Gasteiger partial charge in [-0.3, -0.25) is 4.31 Å². The number of hydrogen-bond acceptors (Lipinski definition) is 4. The molecule has 1 aliphatic rings. The van der Waals surface area contributed by atoms with Crippen LogP contribution in [0.4, 0.5) is 5.69 Å². The third-order valence-electron chi connectivity index (χ3n) is 3.81. The summed E-state index contributed by atoms with van der Waals surface area (Å²) in [5, 5.41) is 11.1. The van der Waals surface area contributed by atoms with Crippen molar-refractivity contribution < 1.29 is 18.3 Å². The van der Waals surface area contributed by atoms with Crippen molar-refractivity contribution >= 4 is 37.6 Å². The van der Waals surface area contributed by atoms with Crippen molar-refractivity contribution in [2.45, 2.75) is 24.3 Å². The molecule has 5 nitrogen and oxygen atoms in total. The van der Waals surface area contributed by atoms with E-state index in [2.05, 4.69) is 15.9 Å². The molecule has 0 fully saturated rings. The van der Waals surface area contributed by atoms with E-state index in [9.17, 15) is 18.3 Å². The average Bonchev–Trinajstić information content (AvgIpc) is 2.82. The van der Waals surface area contributed by atoms with Crippen molar-refractivity contribution in [1.29, 1.82) is 0 Å². The quantitative estimate of drug-likeness (QED) is 0.796. The number of carbonyl (C=O) groups excluding carboxylic acids is 1. The molecular formula is C16H13BrNO4S-. The minimum atomic E-state index is -3.87. The van der Waals surface area contributed by atoms with Crippen molar-refractivity contribution in [3.05, 3.63) is 58.1 Å². The minimum Gasteiger partial charge on any atom is -0.545 e. The maximum Gasteiger partial charge on any atom is 0.264 e. The van der Waals surface area contributed by atoms with Crippen LogP contribution in [0.2, 0.25) is 0 Å². The number of para-hydroxylation sites is 1. The Hall–Kier alpha value is -1.86. The number of fused-ring (bicyclic) bond motifs is 1. The molecule has 0 N–H and O–H groups in total. The molecule has 0 aliphatic carbocycles. The van der Waals surface area contributed by atoms with E-state index in [0.717, 1.165) is 11.6 Å². The molecule has 1 aliphatic heterocycles. The van der Waals surface area contributed by atoms with Crippen LogP contribution >= 0.6 is 15.9 Å². The molecule has 3 rings (SSSR count). The summed E-state index contributed by atoms with van der Waals surface area (Å²) >= 11 is 3.16. The molecule has 0 bridgehead atoms. The van der Waals surface area contributed by atoms with Crippen molar-refractivity contribution in [1.82, 2.24) is 0 Å². The van der Waals surface area contributed by atoms with Crippen LogP contribution in [-0.4, -0.2) is 20.4 Å². The molecule has 0 amide bonds. The average molecular weight is 395 g/mol. The molecule has 0 spiro atoms.